The Morgan fingerprint density at radius 1 is 0.750 bits per heavy atom. The summed E-state index contributed by atoms with van der Waals surface area (Å²) in [4.78, 5) is 45.4. The highest BCUT2D eigenvalue weighted by Crippen LogP contribution is 2.14. The molecule has 11 heteroatoms. The number of hydrogen-bond donors (Lipinski definition) is 5. The normalized spacial score (nSPS) is 10.3. The van der Waals surface area contributed by atoms with Crippen LogP contribution in [0.15, 0.2) is 48.5 Å². The second-order valence-corrected chi connectivity index (χ2v) is 6.51. The molecule has 32 heavy (non-hydrogen) atoms. The Bertz CT molecular complexity index is 900. The molecule has 0 saturated carbocycles. The maximum atomic E-state index is 11.8. The first-order chi connectivity index (χ1) is 15.2. The zero-order valence-electron chi connectivity index (χ0n) is 16.8. The molecule has 2 rings (SSSR count). The van der Waals surface area contributed by atoms with Crippen LogP contribution in [0.4, 0.5) is 0 Å². The van der Waals surface area contributed by atoms with Crippen molar-refractivity contribution in [1.29, 1.82) is 0 Å². The largest absolute Gasteiger partial charge is 0.484 e. The van der Waals surface area contributed by atoms with E-state index in [1.165, 1.54) is 48.5 Å². The number of carboxylic acids is 2. The summed E-state index contributed by atoms with van der Waals surface area (Å²) in [5, 5.41) is 32.6. The number of carbonyl (C=O) groups excluding carboxylic acids is 2. The van der Waals surface area contributed by atoms with Crippen molar-refractivity contribution < 1.29 is 44.0 Å². The van der Waals surface area contributed by atoms with Gasteiger partial charge >= 0.3 is 11.9 Å². The molecule has 11 nitrogen and oxygen atoms in total. The van der Waals surface area contributed by atoms with Gasteiger partial charge < -0.3 is 35.4 Å². The summed E-state index contributed by atoms with van der Waals surface area (Å²) < 4.78 is 10.4. The number of rotatable bonds is 12. The van der Waals surface area contributed by atoms with E-state index in [1.807, 2.05) is 0 Å². The van der Waals surface area contributed by atoms with Gasteiger partial charge in [0.05, 0.1) is 17.2 Å². The lowest BCUT2D eigenvalue weighted by Gasteiger charge is -2.14. The molecule has 0 unspecified atom stereocenters. The Hall–Kier alpha value is -4.12. The molecule has 0 bridgehead atoms. The molecular formula is C21H22N2O9. The van der Waals surface area contributed by atoms with Gasteiger partial charge in [-0.1, -0.05) is 12.1 Å². The van der Waals surface area contributed by atoms with E-state index in [2.05, 4.69) is 10.6 Å². The second-order valence-electron chi connectivity index (χ2n) is 6.51. The minimum atomic E-state index is -1.12. The summed E-state index contributed by atoms with van der Waals surface area (Å²) in [5.41, 5.74) is 0.0419. The number of aliphatic hydroxyl groups is 1. The fourth-order valence-corrected chi connectivity index (χ4v) is 2.37. The van der Waals surface area contributed by atoms with Gasteiger partial charge in [-0.3, -0.25) is 9.59 Å². The standard InChI is InChI=1S/C21H22N2O9/c24-15(9-22-18(25)11-31-16-5-1-3-13(7-16)20(27)28)10-23-19(26)12-32-17-6-2-4-14(8-17)21(29)30/h1-8,15,24H,9-12H2,(H,22,25)(H,23,26)(H,27,28)(H,29,30). The van der Waals surface area contributed by atoms with Crippen LogP contribution >= 0.6 is 0 Å². The molecule has 0 radical (unpaired) electrons. The van der Waals surface area contributed by atoms with Crippen molar-refractivity contribution in [3.8, 4) is 11.5 Å². The molecule has 2 amide bonds. The number of benzene rings is 2. The molecule has 0 spiro atoms. The zero-order chi connectivity index (χ0) is 23.5. The van der Waals surface area contributed by atoms with Gasteiger partial charge in [0.1, 0.15) is 11.5 Å². The Kier molecular flexibility index (Phi) is 8.99. The van der Waals surface area contributed by atoms with Gasteiger partial charge in [0.2, 0.25) is 0 Å². The van der Waals surface area contributed by atoms with Crippen LogP contribution in [0.5, 0.6) is 11.5 Å². The summed E-state index contributed by atoms with van der Waals surface area (Å²) >= 11 is 0. The maximum absolute atomic E-state index is 11.8. The minimum absolute atomic E-state index is 0.0210. The first-order valence-corrected chi connectivity index (χ1v) is 9.38. The lowest BCUT2D eigenvalue weighted by molar-refractivity contribution is -0.123. The van der Waals surface area contributed by atoms with Crippen LogP contribution in [0.1, 0.15) is 20.7 Å². The third kappa shape index (κ3) is 8.32. The highest BCUT2D eigenvalue weighted by Gasteiger charge is 2.11. The number of amides is 2. The third-order valence-electron chi connectivity index (χ3n) is 3.97. The van der Waals surface area contributed by atoms with Crippen molar-refractivity contribution in [3.05, 3.63) is 59.7 Å². The predicted molar refractivity (Wildman–Crippen MR) is 110 cm³/mol. The van der Waals surface area contributed by atoms with Crippen LogP contribution in [0.3, 0.4) is 0 Å². The Morgan fingerprint density at radius 2 is 1.16 bits per heavy atom. The Labute approximate surface area is 182 Å². The molecule has 0 atom stereocenters. The molecule has 5 N–H and O–H groups in total. The molecule has 0 aliphatic rings. The molecule has 0 fully saturated rings. The highest BCUT2D eigenvalue weighted by molar-refractivity contribution is 5.88. The number of ether oxygens (including phenoxy) is 2. The highest BCUT2D eigenvalue weighted by atomic mass is 16.5. The third-order valence-corrected chi connectivity index (χ3v) is 3.97. The summed E-state index contributed by atoms with van der Waals surface area (Å²) in [5.74, 6) is -2.91. The fraction of sp³-hybridized carbons (Fsp3) is 0.238. The van der Waals surface area contributed by atoms with Gasteiger partial charge in [0.25, 0.3) is 11.8 Å². The molecular weight excluding hydrogens is 424 g/mol. The van der Waals surface area contributed by atoms with Crippen molar-refractivity contribution in [3.63, 3.8) is 0 Å². The summed E-state index contributed by atoms with van der Waals surface area (Å²) in [6.45, 7) is -1.07. The van der Waals surface area contributed by atoms with Crippen molar-refractivity contribution in [2.75, 3.05) is 26.3 Å². The number of hydrogen-bond acceptors (Lipinski definition) is 7. The SMILES string of the molecule is O=C(COc1cccc(C(=O)O)c1)NCC(O)CNC(=O)COc1cccc(C(=O)O)c1. The second kappa shape index (κ2) is 11.9. The van der Waals surface area contributed by atoms with Crippen LogP contribution in [-0.2, 0) is 9.59 Å². The summed E-state index contributed by atoms with van der Waals surface area (Å²) in [7, 11) is 0. The monoisotopic (exact) mass is 446 g/mol. The van der Waals surface area contributed by atoms with E-state index in [4.69, 9.17) is 19.7 Å². The van der Waals surface area contributed by atoms with Crippen LogP contribution in [0.2, 0.25) is 0 Å². The molecule has 0 heterocycles. The van der Waals surface area contributed by atoms with Gasteiger partial charge in [-0.05, 0) is 36.4 Å². The lowest BCUT2D eigenvalue weighted by atomic mass is 10.2. The quantitative estimate of drug-likeness (QED) is 0.304. The van der Waals surface area contributed by atoms with Crippen LogP contribution in [-0.4, -0.2) is 71.5 Å². The first-order valence-electron chi connectivity index (χ1n) is 9.38. The van der Waals surface area contributed by atoms with E-state index in [9.17, 15) is 24.3 Å². The van der Waals surface area contributed by atoms with Crippen molar-refractivity contribution in [2.24, 2.45) is 0 Å². The van der Waals surface area contributed by atoms with Gasteiger partial charge in [0.15, 0.2) is 13.2 Å². The molecule has 0 aliphatic carbocycles. The number of nitrogens with one attached hydrogen (secondary N) is 2. The van der Waals surface area contributed by atoms with Gasteiger partial charge in [-0.2, -0.15) is 0 Å². The number of aromatic carboxylic acids is 2. The van der Waals surface area contributed by atoms with Crippen LogP contribution in [0, 0.1) is 0 Å². The average molecular weight is 446 g/mol. The van der Waals surface area contributed by atoms with E-state index < -0.39 is 29.9 Å². The summed E-state index contributed by atoms with van der Waals surface area (Å²) in [6.07, 6.45) is -1.08. The molecule has 2 aromatic carbocycles. The van der Waals surface area contributed by atoms with Gasteiger partial charge in [-0.15, -0.1) is 0 Å². The van der Waals surface area contributed by atoms with E-state index in [-0.39, 0.29) is 48.9 Å². The van der Waals surface area contributed by atoms with E-state index in [0.29, 0.717) is 0 Å². The van der Waals surface area contributed by atoms with E-state index in [1.54, 1.807) is 0 Å². The Morgan fingerprint density at radius 3 is 1.53 bits per heavy atom. The van der Waals surface area contributed by atoms with Crippen LogP contribution < -0.4 is 20.1 Å². The zero-order valence-corrected chi connectivity index (χ0v) is 16.8. The Balaban J connectivity index is 1.64. The number of carbonyl (C=O) groups is 4. The molecule has 2 aromatic rings. The van der Waals surface area contributed by atoms with Crippen molar-refractivity contribution >= 4 is 23.8 Å². The van der Waals surface area contributed by atoms with Crippen LogP contribution in [0.25, 0.3) is 0 Å². The lowest BCUT2D eigenvalue weighted by Crippen LogP contribution is -2.42. The molecule has 170 valence electrons. The predicted octanol–water partition coefficient (Wildman–Crippen LogP) is 0.134. The average Bonchev–Trinajstić information content (AvgIpc) is 2.79. The fourth-order valence-electron chi connectivity index (χ4n) is 2.37. The van der Waals surface area contributed by atoms with Crippen molar-refractivity contribution in [1.82, 2.24) is 10.6 Å². The number of aliphatic hydroxyl groups excluding tert-OH is 1. The topological polar surface area (TPSA) is 171 Å². The molecule has 0 saturated heterocycles. The number of carboxylic acid groups (broad SMARTS) is 2. The van der Waals surface area contributed by atoms with Gasteiger partial charge in [-0.25, -0.2) is 9.59 Å². The smallest absolute Gasteiger partial charge is 0.335 e. The maximum Gasteiger partial charge on any atom is 0.335 e. The molecule has 0 aromatic heterocycles. The van der Waals surface area contributed by atoms with Gasteiger partial charge in [0, 0.05) is 13.1 Å². The minimum Gasteiger partial charge on any atom is -0.484 e. The summed E-state index contributed by atoms with van der Waals surface area (Å²) in [6, 6.07) is 11.3. The van der Waals surface area contributed by atoms with Crippen molar-refractivity contribution in [2.45, 2.75) is 6.10 Å². The first kappa shape index (κ1) is 24.2. The molecule has 0 aliphatic heterocycles. The van der Waals surface area contributed by atoms with E-state index >= 15 is 0 Å². The van der Waals surface area contributed by atoms with E-state index in [0.717, 1.165) is 0 Å².